The molecule has 2 unspecified atom stereocenters. The van der Waals surface area contributed by atoms with Gasteiger partial charge in [0.2, 0.25) is 0 Å². The fourth-order valence-electron chi connectivity index (χ4n) is 3.37. The van der Waals surface area contributed by atoms with Gasteiger partial charge in [-0.05, 0) is 37.9 Å². The minimum Gasteiger partial charge on any atom is -0.497 e. The highest BCUT2D eigenvalue weighted by molar-refractivity contribution is 5.95. The predicted octanol–water partition coefficient (Wildman–Crippen LogP) is 1.24. The van der Waals surface area contributed by atoms with Crippen LogP contribution in [0.25, 0.3) is 0 Å². The maximum atomic E-state index is 12.4. The predicted molar refractivity (Wildman–Crippen MR) is 77.9 cm³/mol. The second kappa shape index (κ2) is 5.32. The number of amides is 1. The van der Waals surface area contributed by atoms with E-state index in [9.17, 15) is 4.79 Å². The highest BCUT2D eigenvalue weighted by Crippen LogP contribution is 2.28. The van der Waals surface area contributed by atoms with Gasteiger partial charge in [-0.1, -0.05) is 0 Å². The molecule has 0 aliphatic carbocycles. The van der Waals surface area contributed by atoms with Gasteiger partial charge < -0.3 is 15.8 Å². The van der Waals surface area contributed by atoms with Crippen molar-refractivity contribution < 1.29 is 9.53 Å². The molecule has 5 nitrogen and oxygen atoms in total. The van der Waals surface area contributed by atoms with Crippen molar-refractivity contribution in [2.75, 3.05) is 25.9 Å². The molecule has 0 bridgehead atoms. The number of fused-ring (bicyclic) bond motifs is 1. The SMILES string of the molecule is COc1cc(N)cc(C(=O)NC2CCN3CCCC23)c1. The Morgan fingerprint density at radius 2 is 2.20 bits per heavy atom. The number of benzene rings is 1. The van der Waals surface area contributed by atoms with Crippen LogP contribution in [0.4, 0.5) is 5.69 Å². The summed E-state index contributed by atoms with van der Waals surface area (Å²) in [5, 5.41) is 3.15. The fourth-order valence-corrected chi connectivity index (χ4v) is 3.37. The number of hydrogen-bond donors (Lipinski definition) is 2. The van der Waals surface area contributed by atoms with Gasteiger partial charge in [-0.2, -0.15) is 0 Å². The second-order valence-corrected chi connectivity index (χ2v) is 5.61. The van der Waals surface area contributed by atoms with Gasteiger partial charge in [-0.15, -0.1) is 0 Å². The van der Waals surface area contributed by atoms with Crippen molar-refractivity contribution in [3.8, 4) is 5.75 Å². The van der Waals surface area contributed by atoms with Crippen molar-refractivity contribution in [2.45, 2.75) is 31.3 Å². The summed E-state index contributed by atoms with van der Waals surface area (Å²) >= 11 is 0. The topological polar surface area (TPSA) is 67.6 Å². The number of nitrogens with zero attached hydrogens (tertiary/aromatic N) is 1. The quantitative estimate of drug-likeness (QED) is 0.815. The first kappa shape index (κ1) is 13.2. The van der Waals surface area contributed by atoms with Crippen LogP contribution in [0.1, 0.15) is 29.6 Å². The summed E-state index contributed by atoms with van der Waals surface area (Å²) in [5.41, 5.74) is 6.91. The molecular weight excluding hydrogens is 254 g/mol. The number of carbonyl (C=O) groups excluding carboxylic acids is 1. The summed E-state index contributed by atoms with van der Waals surface area (Å²) in [6.45, 7) is 2.26. The van der Waals surface area contributed by atoms with Gasteiger partial charge in [0.15, 0.2) is 0 Å². The van der Waals surface area contributed by atoms with Gasteiger partial charge >= 0.3 is 0 Å². The molecule has 2 heterocycles. The first-order chi connectivity index (χ1) is 9.67. The molecule has 3 rings (SSSR count). The molecule has 0 radical (unpaired) electrons. The van der Waals surface area contributed by atoms with Crippen LogP contribution in [-0.4, -0.2) is 43.1 Å². The zero-order valence-electron chi connectivity index (χ0n) is 11.8. The normalized spacial score (nSPS) is 25.4. The zero-order chi connectivity index (χ0) is 14.1. The van der Waals surface area contributed by atoms with Crippen LogP contribution in [-0.2, 0) is 0 Å². The monoisotopic (exact) mass is 275 g/mol. The lowest BCUT2D eigenvalue weighted by atomic mass is 10.1. The van der Waals surface area contributed by atoms with Crippen LogP contribution in [0.15, 0.2) is 18.2 Å². The molecule has 2 fully saturated rings. The minimum absolute atomic E-state index is 0.0608. The number of rotatable bonds is 3. The van der Waals surface area contributed by atoms with Gasteiger partial charge in [0.25, 0.3) is 5.91 Å². The van der Waals surface area contributed by atoms with Gasteiger partial charge in [0.1, 0.15) is 5.75 Å². The molecule has 3 N–H and O–H groups in total. The smallest absolute Gasteiger partial charge is 0.251 e. The van der Waals surface area contributed by atoms with Crippen molar-refractivity contribution >= 4 is 11.6 Å². The van der Waals surface area contributed by atoms with Gasteiger partial charge in [0.05, 0.1) is 7.11 Å². The molecule has 2 aliphatic rings. The van der Waals surface area contributed by atoms with Gasteiger partial charge in [-0.25, -0.2) is 0 Å². The molecule has 0 saturated carbocycles. The molecular formula is C15H21N3O2. The number of carbonyl (C=O) groups is 1. The Labute approximate surface area is 119 Å². The van der Waals surface area contributed by atoms with Gasteiger partial charge in [0, 0.05) is 35.9 Å². The maximum Gasteiger partial charge on any atom is 0.251 e. The highest BCUT2D eigenvalue weighted by Gasteiger charge is 2.37. The number of methoxy groups -OCH3 is 1. The summed E-state index contributed by atoms with van der Waals surface area (Å²) in [6, 6.07) is 5.91. The third-order valence-corrected chi connectivity index (χ3v) is 4.35. The largest absolute Gasteiger partial charge is 0.497 e. The molecule has 1 aromatic rings. The first-order valence-corrected chi connectivity index (χ1v) is 7.17. The second-order valence-electron chi connectivity index (χ2n) is 5.61. The molecule has 1 aromatic carbocycles. The van der Waals surface area contributed by atoms with Crippen LogP contribution in [0, 0.1) is 0 Å². The Hall–Kier alpha value is -1.75. The molecule has 108 valence electrons. The Morgan fingerprint density at radius 1 is 1.35 bits per heavy atom. The summed E-state index contributed by atoms with van der Waals surface area (Å²) in [6.07, 6.45) is 3.46. The van der Waals surface area contributed by atoms with E-state index in [1.807, 2.05) is 0 Å². The average Bonchev–Trinajstić information content (AvgIpc) is 3.03. The van der Waals surface area contributed by atoms with Crippen LogP contribution < -0.4 is 15.8 Å². The molecule has 1 amide bonds. The standard InChI is InChI=1S/C15H21N3O2/c1-20-12-8-10(7-11(16)9-12)15(19)17-13-4-6-18-5-2-3-14(13)18/h7-9,13-14H,2-6,16H2,1H3,(H,17,19). The molecule has 0 spiro atoms. The third-order valence-electron chi connectivity index (χ3n) is 4.35. The highest BCUT2D eigenvalue weighted by atomic mass is 16.5. The lowest BCUT2D eigenvalue weighted by Crippen LogP contribution is -2.42. The van der Waals surface area contributed by atoms with Crippen LogP contribution >= 0.6 is 0 Å². The molecule has 5 heteroatoms. The van der Waals surface area contributed by atoms with E-state index in [1.54, 1.807) is 25.3 Å². The molecule has 0 aromatic heterocycles. The summed E-state index contributed by atoms with van der Waals surface area (Å²) in [5.74, 6) is 0.554. The summed E-state index contributed by atoms with van der Waals surface area (Å²) in [7, 11) is 1.57. The van der Waals surface area contributed by atoms with Crippen molar-refractivity contribution in [3.63, 3.8) is 0 Å². The van der Waals surface area contributed by atoms with E-state index in [2.05, 4.69) is 10.2 Å². The van der Waals surface area contributed by atoms with Crippen LogP contribution in [0.2, 0.25) is 0 Å². The maximum absolute atomic E-state index is 12.4. The zero-order valence-corrected chi connectivity index (χ0v) is 11.8. The molecule has 20 heavy (non-hydrogen) atoms. The van der Waals surface area contributed by atoms with E-state index in [0.29, 0.717) is 23.0 Å². The van der Waals surface area contributed by atoms with E-state index in [0.717, 1.165) is 13.0 Å². The Kier molecular flexibility index (Phi) is 3.53. The van der Waals surface area contributed by atoms with E-state index in [1.165, 1.54) is 19.4 Å². The third kappa shape index (κ3) is 2.45. The fraction of sp³-hybridized carbons (Fsp3) is 0.533. The lowest BCUT2D eigenvalue weighted by Gasteiger charge is -2.21. The first-order valence-electron chi connectivity index (χ1n) is 7.17. The van der Waals surface area contributed by atoms with Crippen molar-refractivity contribution in [3.05, 3.63) is 23.8 Å². The molecule has 2 saturated heterocycles. The number of hydrogen-bond acceptors (Lipinski definition) is 4. The Bertz CT molecular complexity index is 518. The van der Waals surface area contributed by atoms with Crippen molar-refractivity contribution in [1.82, 2.24) is 10.2 Å². The van der Waals surface area contributed by atoms with E-state index in [4.69, 9.17) is 10.5 Å². The lowest BCUT2D eigenvalue weighted by molar-refractivity contribution is 0.0929. The van der Waals surface area contributed by atoms with Crippen LogP contribution in [0.5, 0.6) is 5.75 Å². The van der Waals surface area contributed by atoms with Gasteiger partial charge in [-0.3, -0.25) is 9.69 Å². The average molecular weight is 275 g/mol. The molecule has 2 aliphatic heterocycles. The number of ether oxygens (including phenoxy) is 1. The summed E-state index contributed by atoms with van der Waals surface area (Å²) in [4.78, 5) is 14.8. The van der Waals surface area contributed by atoms with E-state index < -0.39 is 0 Å². The minimum atomic E-state index is -0.0608. The van der Waals surface area contributed by atoms with Crippen LogP contribution in [0.3, 0.4) is 0 Å². The number of nitrogen functional groups attached to an aromatic ring is 1. The van der Waals surface area contributed by atoms with E-state index >= 15 is 0 Å². The van der Waals surface area contributed by atoms with E-state index in [-0.39, 0.29) is 11.9 Å². The Balaban J connectivity index is 1.71. The van der Waals surface area contributed by atoms with Crippen molar-refractivity contribution in [2.24, 2.45) is 0 Å². The van der Waals surface area contributed by atoms with Crippen molar-refractivity contribution in [1.29, 1.82) is 0 Å². The number of nitrogens with two attached hydrogens (primary N) is 1. The summed E-state index contributed by atoms with van der Waals surface area (Å²) < 4.78 is 5.16. The number of anilines is 1. The molecule has 2 atom stereocenters. The Morgan fingerprint density at radius 3 is 3.00 bits per heavy atom. The number of nitrogens with one attached hydrogen (secondary N) is 1.